The number of hydrogen-bond acceptors (Lipinski definition) is 5. The molecular weight excluding hydrogens is 459 g/mol. The van der Waals surface area contributed by atoms with E-state index in [0.29, 0.717) is 21.9 Å². The Balaban J connectivity index is 1.22. The summed E-state index contributed by atoms with van der Waals surface area (Å²) in [5, 5.41) is 5.61. The second-order valence-electron chi connectivity index (χ2n) is 9.44. The van der Waals surface area contributed by atoms with Gasteiger partial charge in [0.05, 0.1) is 11.4 Å². The van der Waals surface area contributed by atoms with Crippen LogP contribution >= 0.6 is 23.2 Å². The number of nitrogens with one attached hydrogen (secondary N) is 2. The molecule has 3 aromatic rings. The zero-order valence-corrected chi connectivity index (χ0v) is 19.7. The van der Waals surface area contributed by atoms with Crippen molar-refractivity contribution < 1.29 is 4.79 Å². The highest BCUT2D eigenvalue weighted by molar-refractivity contribution is 6.35. The Morgan fingerprint density at radius 2 is 1.88 bits per heavy atom. The number of likely N-dealkylation sites (tertiary alicyclic amines) is 1. The third-order valence-corrected chi connectivity index (χ3v) is 7.76. The maximum atomic E-state index is 13.7. The van der Waals surface area contributed by atoms with Crippen LogP contribution in [-0.4, -0.2) is 57.5 Å². The first-order chi connectivity index (χ1) is 16.1. The van der Waals surface area contributed by atoms with E-state index < -0.39 is 0 Å². The molecular formula is C24H26Cl2N6O. The molecule has 4 heterocycles. The van der Waals surface area contributed by atoms with Crippen molar-refractivity contribution in [2.45, 2.75) is 37.8 Å². The molecule has 3 atom stereocenters. The lowest BCUT2D eigenvalue weighted by molar-refractivity contribution is -0.134. The van der Waals surface area contributed by atoms with Crippen LogP contribution in [-0.2, 0) is 4.79 Å². The largest absolute Gasteiger partial charge is 0.373 e. The SMILES string of the molecule is O=C(C(Nc1cc(Cl)cc(Cl)c1)C1CC1)N1CCC2CCN(c3ncnc4[nH]ccc34)C2C1. The molecule has 1 aromatic carbocycles. The zero-order valence-electron chi connectivity index (χ0n) is 18.2. The average molecular weight is 485 g/mol. The van der Waals surface area contributed by atoms with Gasteiger partial charge in [-0.15, -0.1) is 0 Å². The number of hydrogen-bond donors (Lipinski definition) is 2. The third-order valence-electron chi connectivity index (χ3n) is 7.32. The molecule has 3 fully saturated rings. The van der Waals surface area contributed by atoms with E-state index >= 15 is 0 Å². The number of carbonyl (C=O) groups is 1. The van der Waals surface area contributed by atoms with E-state index in [0.717, 1.165) is 67.9 Å². The number of benzene rings is 1. The Labute approximate surface area is 202 Å². The van der Waals surface area contributed by atoms with Gasteiger partial charge in [-0.2, -0.15) is 0 Å². The highest BCUT2D eigenvalue weighted by atomic mass is 35.5. The first-order valence-electron chi connectivity index (χ1n) is 11.6. The van der Waals surface area contributed by atoms with Crippen molar-refractivity contribution in [2.24, 2.45) is 11.8 Å². The summed E-state index contributed by atoms with van der Waals surface area (Å²) < 4.78 is 0. The number of amides is 1. The summed E-state index contributed by atoms with van der Waals surface area (Å²) in [5.41, 5.74) is 1.65. The van der Waals surface area contributed by atoms with Gasteiger partial charge in [-0.25, -0.2) is 9.97 Å². The van der Waals surface area contributed by atoms with Crippen molar-refractivity contribution in [3.63, 3.8) is 0 Å². The van der Waals surface area contributed by atoms with Gasteiger partial charge in [-0.05, 0) is 61.8 Å². The van der Waals surface area contributed by atoms with Gasteiger partial charge in [0.2, 0.25) is 5.91 Å². The van der Waals surface area contributed by atoms with Gasteiger partial charge in [0.25, 0.3) is 0 Å². The molecule has 2 N–H and O–H groups in total. The molecule has 2 aromatic heterocycles. The highest BCUT2D eigenvalue weighted by Gasteiger charge is 2.44. The van der Waals surface area contributed by atoms with Gasteiger partial charge >= 0.3 is 0 Å². The quantitative estimate of drug-likeness (QED) is 0.553. The summed E-state index contributed by atoms with van der Waals surface area (Å²) in [7, 11) is 0. The van der Waals surface area contributed by atoms with E-state index in [9.17, 15) is 4.79 Å². The normalized spacial score (nSPS) is 23.6. The van der Waals surface area contributed by atoms with Crippen LogP contribution in [0.4, 0.5) is 11.5 Å². The minimum Gasteiger partial charge on any atom is -0.373 e. The van der Waals surface area contributed by atoms with Crippen molar-refractivity contribution in [1.82, 2.24) is 19.9 Å². The molecule has 0 radical (unpaired) electrons. The fourth-order valence-corrected chi connectivity index (χ4v) is 6.04. The van der Waals surface area contributed by atoms with Crippen molar-refractivity contribution in [2.75, 3.05) is 29.9 Å². The summed E-state index contributed by atoms with van der Waals surface area (Å²) in [6.45, 7) is 2.49. The molecule has 1 aliphatic carbocycles. The first kappa shape index (κ1) is 21.1. The fourth-order valence-electron chi connectivity index (χ4n) is 5.52. The maximum absolute atomic E-state index is 13.7. The number of rotatable bonds is 5. The van der Waals surface area contributed by atoms with Gasteiger partial charge in [-0.1, -0.05) is 23.2 Å². The number of halogens is 2. The van der Waals surface area contributed by atoms with Gasteiger partial charge in [0.1, 0.15) is 23.8 Å². The number of aromatic nitrogens is 3. The van der Waals surface area contributed by atoms with E-state index in [1.54, 1.807) is 12.4 Å². The third kappa shape index (κ3) is 4.02. The number of nitrogens with zero attached hydrogens (tertiary/aromatic N) is 4. The van der Waals surface area contributed by atoms with Crippen LogP contribution in [0.3, 0.4) is 0 Å². The van der Waals surface area contributed by atoms with Crippen LogP contribution in [0, 0.1) is 11.8 Å². The standard InChI is InChI=1S/C24H26Cl2N6O/c25-16-9-17(26)11-18(10-16)30-21(15-1-2-15)24(33)31-7-4-14-5-8-32(20(14)12-31)23-19-3-6-27-22(19)28-13-29-23/h3,6,9-11,13-15,20-21,30H,1-2,4-5,7-8,12H2,(H,27,28,29). The molecule has 33 heavy (non-hydrogen) atoms. The molecule has 0 spiro atoms. The van der Waals surface area contributed by atoms with Gasteiger partial charge in [0.15, 0.2) is 0 Å². The van der Waals surface area contributed by atoms with Crippen LogP contribution in [0.5, 0.6) is 0 Å². The van der Waals surface area contributed by atoms with Crippen LogP contribution in [0.1, 0.15) is 25.7 Å². The number of H-pyrrole nitrogens is 1. The molecule has 1 saturated carbocycles. The monoisotopic (exact) mass is 484 g/mol. The van der Waals surface area contributed by atoms with E-state index in [1.807, 2.05) is 24.4 Å². The van der Waals surface area contributed by atoms with Gasteiger partial charge in [0, 0.05) is 41.6 Å². The van der Waals surface area contributed by atoms with E-state index in [4.69, 9.17) is 23.2 Å². The molecule has 0 bridgehead atoms. The summed E-state index contributed by atoms with van der Waals surface area (Å²) >= 11 is 12.4. The second-order valence-corrected chi connectivity index (χ2v) is 10.3. The summed E-state index contributed by atoms with van der Waals surface area (Å²) in [4.78, 5) is 30.3. The van der Waals surface area contributed by atoms with E-state index in [-0.39, 0.29) is 18.0 Å². The first-order valence-corrected chi connectivity index (χ1v) is 12.4. The van der Waals surface area contributed by atoms with Crippen LogP contribution < -0.4 is 10.2 Å². The van der Waals surface area contributed by atoms with Crippen molar-refractivity contribution in [3.05, 3.63) is 46.8 Å². The number of fused-ring (bicyclic) bond motifs is 2. The molecule has 9 heteroatoms. The van der Waals surface area contributed by atoms with Crippen molar-refractivity contribution in [3.8, 4) is 0 Å². The lowest BCUT2D eigenvalue weighted by Crippen LogP contribution is -2.54. The smallest absolute Gasteiger partial charge is 0.245 e. The second kappa shape index (κ2) is 8.37. The summed E-state index contributed by atoms with van der Waals surface area (Å²) in [6, 6.07) is 7.43. The van der Waals surface area contributed by atoms with Crippen molar-refractivity contribution in [1.29, 1.82) is 0 Å². The lowest BCUT2D eigenvalue weighted by Gasteiger charge is -2.40. The molecule has 3 aliphatic rings. The number of carbonyl (C=O) groups excluding carboxylic acids is 1. The molecule has 1 amide bonds. The zero-order chi connectivity index (χ0) is 22.5. The summed E-state index contributed by atoms with van der Waals surface area (Å²) in [5.74, 6) is 2.08. The highest BCUT2D eigenvalue weighted by Crippen LogP contribution is 2.39. The Morgan fingerprint density at radius 1 is 1.09 bits per heavy atom. The summed E-state index contributed by atoms with van der Waals surface area (Å²) in [6.07, 6.45) is 7.81. The number of piperidine rings is 1. The molecule has 6 rings (SSSR count). The molecule has 7 nitrogen and oxygen atoms in total. The van der Waals surface area contributed by atoms with Crippen LogP contribution in [0.15, 0.2) is 36.8 Å². The van der Waals surface area contributed by atoms with Gasteiger partial charge in [-0.3, -0.25) is 4.79 Å². The van der Waals surface area contributed by atoms with E-state index in [1.165, 1.54) is 0 Å². The topological polar surface area (TPSA) is 77.2 Å². The Bertz CT molecular complexity index is 1170. The average Bonchev–Trinajstić information content (AvgIpc) is 3.36. The Hall–Kier alpha value is -2.51. The van der Waals surface area contributed by atoms with Crippen molar-refractivity contribution >= 4 is 51.6 Å². The van der Waals surface area contributed by atoms with Crippen LogP contribution in [0.25, 0.3) is 11.0 Å². The predicted octanol–water partition coefficient (Wildman–Crippen LogP) is 4.58. The minimum atomic E-state index is -0.249. The number of aromatic amines is 1. The molecule has 3 unspecified atom stereocenters. The van der Waals surface area contributed by atoms with Gasteiger partial charge < -0.3 is 20.1 Å². The lowest BCUT2D eigenvalue weighted by atomic mass is 9.91. The van der Waals surface area contributed by atoms with Crippen LogP contribution in [0.2, 0.25) is 10.0 Å². The maximum Gasteiger partial charge on any atom is 0.245 e. The molecule has 2 saturated heterocycles. The molecule has 2 aliphatic heterocycles. The fraction of sp³-hybridized carbons (Fsp3) is 0.458. The Kier molecular flexibility index (Phi) is 5.34. The number of anilines is 2. The Morgan fingerprint density at radius 3 is 2.67 bits per heavy atom. The predicted molar refractivity (Wildman–Crippen MR) is 131 cm³/mol. The minimum absolute atomic E-state index is 0.174. The molecule has 172 valence electrons. The van der Waals surface area contributed by atoms with E-state index in [2.05, 4.69) is 30.1 Å².